The van der Waals surface area contributed by atoms with E-state index in [9.17, 15) is 4.79 Å². The average Bonchev–Trinajstić information content (AvgIpc) is 3.13. The predicted molar refractivity (Wildman–Crippen MR) is 114 cm³/mol. The van der Waals surface area contributed by atoms with E-state index in [1.165, 1.54) is 15.8 Å². The molecule has 0 bridgehead atoms. The van der Waals surface area contributed by atoms with Crippen molar-refractivity contribution in [2.75, 3.05) is 37.7 Å². The Hall–Kier alpha value is -2.60. The van der Waals surface area contributed by atoms with Crippen molar-refractivity contribution in [2.45, 2.75) is 20.3 Å². The molecule has 0 N–H and O–H groups in total. The zero-order valence-corrected chi connectivity index (χ0v) is 17.2. The largest absolute Gasteiger partial charge is 0.493 e. The number of thiazole rings is 1. The number of aromatic nitrogens is 1. The number of fused-ring (bicyclic) bond motifs is 1. The lowest BCUT2D eigenvalue weighted by atomic mass is 10.1. The van der Waals surface area contributed by atoms with Crippen molar-refractivity contribution in [1.29, 1.82) is 0 Å². The summed E-state index contributed by atoms with van der Waals surface area (Å²) in [7, 11) is 0. The molecule has 2 aromatic carbocycles. The smallest absolute Gasteiger partial charge is 0.226 e. The van der Waals surface area contributed by atoms with E-state index in [2.05, 4.69) is 30.9 Å². The van der Waals surface area contributed by atoms with E-state index < -0.39 is 0 Å². The topological polar surface area (TPSA) is 45.7 Å². The zero-order valence-electron chi connectivity index (χ0n) is 16.4. The fourth-order valence-corrected chi connectivity index (χ4v) is 4.77. The highest BCUT2D eigenvalue weighted by atomic mass is 32.1. The first-order valence-electron chi connectivity index (χ1n) is 9.68. The van der Waals surface area contributed by atoms with Gasteiger partial charge in [-0.25, -0.2) is 4.98 Å². The number of hydrogen-bond donors (Lipinski definition) is 0. The molecular formula is C22H25N3O2S. The number of aryl methyl sites for hydroxylation is 2. The lowest BCUT2D eigenvalue weighted by Crippen LogP contribution is -2.49. The van der Waals surface area contributed by atoms with Crippen molar-refractivity contribution in [3.8, 4) is 5.75 Å². The lowest BCUT2D eigenvalue weighted by molar-refractivity contribution is -0.132. The molecule has 6 heteroatoms. The Kier molecular flexibility index (Phi) is 5.48. The van der Waals surface area contributed by atoms with Crippen LogP contribution in [0.15, 0.2) is 42.5 Å². The summed E-state index contributed by atoms with van der Waals surface area (Å²) in [6.07, 6.45) is 0.411. The highest BCUT2D eigenvalue weighted by Crippen LogP contribution is 2.32. The predicted octanol–water partition coefficient (Wildman–Crippen LogP) is 4.03. The Morgan fingerprint density at radius 3 is 2.61 bits per heavy atom. The van der Waals surface area contributed by atoms with Crippen molar-refractivity contribution >= 4 is 32.6 Å². The lowest BCUT2D eigenvalue weighted by Gasteiger charge is -2.34. The van der Waals surface area contributed by atoms with E-state index in [0.717, 1.165) is 42.6 Å². The molecule has 4 rings (SSSR count). The third-order valence-corrected chi connectivity index (χ3v) is 6.11. The van der Waals surface area contributed by atoms with Gasteiger partial charge in [0.25, 0.3) is 0 Å². The van der Waals surface area contributed by atoms with Gasteiger partial charge in [-0.1, -0.05) is 35.6 Å². The van der Waals surface area contributed by atoms with Crippen LogP contribution in [-0.2, 0) is 4.79 Å². The van der Waals surface area contributed by atoms with Crippen molar-refractivity contribution in [1.82, 2.24) is 9.88 Å². The van der Waals surface area contributed by atoms with Crippen LogP contribution in [0.2, 0.25) is 0 Å². The fraction of sp³-hybridized carbons (Fsp3) is 0.364. The number of carbonyl (C=O) groups is 1. The summed E-state index contributed by atoms with van der Waals surface area (Å²) in [5, 5.41) is 1.06. The second-order valence-corrected chi connectivity index (χ2v) is 8.21. The van der Waals surface area contributed by atoms with Crippen LogP contribution < -0.4 is 9.64 Å². The number of nitrogens with zero attached hydrogens (tertiary/aromatic N) is 3. The molecule has 1 aliphatic rings. The molecule has 28 heavy (non-hydrogen) atoms. The van der Waals surface area contributed by atoms with Crippen LogP contribution in [0.1, 0.15) is 17.5 Å². The number of carbonyl (C=O) groups excluding carboxylic acids is 1. The maximum atomic E-state index is 12.5. The van der Waals surface area contributed by atoms with Gasteiger partial charge in [0.15, 0.2) is 5.13 Å². The molecular weight excluding hydrogens is 370 g/mol. The summed E-state index contributed by atoms with van der Waals surface area (Å²) >= 11 is 1.74. The monoisotopic (exact) mass is 395 g/mol. The van der Waals surface area contributed by atoms with Gasteiger partial charge in [0.1, 0.15) is 5.75 Å². The van der Waals surface area contributed by atoms with E-state index in [-0.39, 0.29) is 5.91 Å². The minimum absolute atomic E-state index is 0.159. The van der Waals surface area contributed by atoms with Gasteiger partial charge in [0, 0.05) is 26.2 Å². The summed E-state index contributed by atoms with van der Waals surface area (Å²) in [5.74, 6) is 0.966. The number of benzene rings is 2. The number of hydrogen-bond acceptors (Lipinski definition) is 5. The normalized spacial score (nSPS) is 14.5. The molecule has 0 aliphatic carbocycles. The molecule has 0 radical (unpaired) electrons. The quantitative estimate of drug-likeness (QED) is 0.654. The number of amides is 1. The Bertz CT molecular complexity index is 963. The molecule has 146 valence electrons. The van der Waals surface area contributed by atoms with Crippen molar-refractivity contribution in [3.05, 3.63) is 53.6 Å². The number of ether oxygens (including phenoxy) is 1. The standard InChI is InChI=1S/C22H25N3O2S/c1-16-14-17(2)21-19(15-16)28-22(23-21)25-11-9-24(10-12-25)20(26)8-13-27-18-6-4-3-5-7-18/h3-7,14-15H,8-13H2,1-2H3. The number of para-hydroxylation sites is 1. The second kappa shape index (κ2) is 8.19. The number of piperazine rings is 1. The second-order valence-electron chi connectivity index (χ2n) is 7.20. The molecule has 0 saturated carbocycles. The van der Waals surface area contributed by atoms with E-state index in [4.69, 9.17) is 9.72 Å². The molecule has 1 aromatic heterocycles. The van der Waals surface area contributed by atoms with Crippen LogP contribution in [-0.4, -0.2) is 48.6 Å². The number of rotatable bonds is 5. The Labute approximate surface area is 169 Å². The van der Waals surface area contributed by atoms with E-state index in [1.807, 2.05) is 35.2 Å². The minimum Gasteiger partial charge on any atom is -0.493 e. The maximum absolute atomic E-state index is 12.5. The summed E-state index contributed by atoms with van der Waals surface area (Å²) < 4.78 is 6.89. The Morgan fingerprint density at radius 2 is 1.86 bits per heavy atom. The Morgan fingerprint density at radius 1 is 1.11 bits per heavy atom. The van der Waals surface area contributed by atoms with Crippen LogP contribution in [0.5, 0.6) is 5.75 Å². The van der Waals surface area contributed by atoms with Crippen LogP contribution in [0.3, 0.4) is 0 Å². The molecule has 1 fully saturated rings. The van der Waals surface area contributed by atoms with Gasteiger partial charge in [0.2, 0.25) is 5.91 Å². The van der Waals surface area contributed by atoms with E-state index in [1.54, 1.807) is 11.3 Å². The van der Waals surface area contributed by atoms with Gasteiger partial charge in [-0.15, -0.1) is 0 Å². The Balaban J connectivity index is 1.30. The van der Waals surface area contributed by atoms with Crippen molar-refractivity contribution < 1.29 is 9.53 Å². The maximum Gasteiger partial charge on any atom is 0.226 e. The third-order valence-electron chi connectivity index (χ3n) is 5.05. The minimum atomic E-state index is 0.159. The highest BCUT2D eigenvalue weighted by Gasteiger charge is 2.23. The molecule has 0 unspecified atom stereocenters. The van der Waals surface area contributed by atoms with Gasteiger partial charge in [-0.05, 0) is 43.2 Å². The summed E-state index contributed by atoms with van der Waals surface area (Å²) in [6, 6.07) is 14.0. The van der Waals surface area contributed by atoms with E-state index >= 15 is 0 Å². The SMILES string of the molecule is Cc1cc(C)c2nc(N3CCN(C(=O)CCOc4ccccc4)CC3)sc2c1. The molecule has 1 saturated heterocycles. The fourth-order valence-electron chi connectivity index (χ4n) is 3.57. The summed E-state index contributed by atoms with van der Waals surface area (Å²) in [6.45, 7) is 7.77. The molecule has 5 nitrogen and oxygen atoms in total. The molecule has 1 aliphatic heterocycles. The highest BCUT2D eigenvalue weighted by molar-refractivity contribution is 7.22. The first-order chi connectivity index (χ1) is 13.6. The average molecular weight is 396 g/mol. The van der Waals surface area contributed by atoms with Crippen LogP contribution in [0, 0.1) is 13.8 Å². The molecule has 1 amide bonds. The van der Waals surface area contributed by atoms with Crippen LogP contribution in [0.25, 0.3) is 10.2 Å². The molecule has 0 spiro atoms. The van der Waals surface area contributed by atoms with E-state index in [0.29, 0.717) is 13.0 Å². The molecule has 2 heterocycles. The van der Waals surface area contributed by atoms with Gasteiger partial charge in [-0.2, -0.15) is 0 Å². The number of anilines is 1. The van der Waals surface area contributed by atoms with Gasteiger partial charge in [-0.3, -0.25) is 4.79 Å². The summed E-state index contributed by atoms with van der Waals surface area (Å²) in [4.78, 5) is 21.6. The summed E-state index contributed by atoms with van der Waals surface area (Å²) in [5.41, 5.74) is 3.60. The molecule has 0 atom stereocenters. The van der Waals surface area contributed by atoms with Gasteiger partial charge >= 0.3 is 0 Å². The zero-order chi connectivity index (χ0) is 19.5. The molecule has 3 aromatic rings. The van der Waals surface area contributed by atoms with Gasteiger partial charge in [0.05, 0.1) is 23.2 Å². The first kappa shape index (κ1) is 18.7. The van der Waals surface area contributed by atoms with Gasteiger partial charge < -0.3 is 14.5 Å². The first-order valence-corrected chi connectivity index (χ1v) is 10.5. The van der Waals surface area contributed by atoms with Crippen molar-refractivity contribution in [3.63, 3.8) is 0 Å². The van der Waals surface area contributed by atoms with Crippen molar-refractivity contribution in [2.24, 2.45) is 0 Å². The third kappa shape index (κ3) is 4.12. The van der Waals surface area contributed by atoms with Crippen LogP contribution in [0.4, 0.5) is 5.13 Å². The van der Waals surface area contributed by atoms with Crippen LogP contribution >= 0.6 is 11.3 Å².